The van der Waals surface area contributed by atoms with Crippen molar-refractivity contribution >= 4 is 28.9 Å². The molecule has 0 saturated carbocycles. The molecule has 1 fully saturated rings. The van der Waals surface area contributed by atoms with Crippen molar-refractivity contribution in [2.75, 3.05) is 46.8 Å². The van der Waals surface area contributed by atoms with Crippen LogP contribution in [0.15, 0.2) is 17.5 Å². The van der Waals surface area contributed by atoms with Crippen LogP contribution in [0.5, 0.6) is 0 Å². The van der Waals surface area contributed by atoms with Gasteiger partial charge in [-0.05, 0) is 32.0 Å². The van der Waals surface area contributed by atoms with E-state index < -0.39 is 0 Å². The zero-order chi connectivity index (χ0) is 18.2. The van der Waals surface area contributed by atoms with Gasteiger partial charge in [-0.25, -0.2) is 0 Å². The van der Waals surface area contributed by atoms with Gasteiger partial charge in [0, 0.05) is 52.0 Å². The van der Waals surface area contributed by atoms with Crippen molar-refractivity contribution in [3.8, 4) is 0 Å². The number of thiophene rings is 1. The first-order valence-corrected chi connectivity index (χ1v) is 9.62. The minimum Gasteiger partial charge on any atom is -0.339 e. The molecule has 1 aliphatic heterocycles. The number of amides is 2. The second kappa shape index (κ2) is 9.68. The summed E-state index contributed by atoms with van der Waals surface area (Å²) in [7, 11) is 3.90. The molecule has 0 spiro atoms. The van der Waals surface area contributed by atoms with Crippen LogP contribution in [0, 0.1) is 0 Å². The third-order valence-electron chi connectivity index (χ3n) is 4.35. The van der Waals surface area contributed by atoms with E-state index in [4.69, 9.17) is 0 Å². The molecular formula is C18H27N3O3S. The van der Waals surface area contributed by atoms with Gasteiger partial charge < -0.3 is 14.7 Å². The molecule has 2 amide bonds. The molecule has 0 N–H and O–H groups in total. The quantitative estimate of drug-likeness (QED) is 0.658. The topological polar surface area (TPSA) is 60.9 Å². The van der Waals surface area contributed by atoms with Crippen molar-refractivity contribution in [1.82, 2.24) is 14.7 Å². The molecule has 1 aromatic rings. The predicted octanol–water partition coefficient (Wildman–Crippen LogP) is 1.72. The van der Waals surface area contributed by atoms with Crippen LogP contribution in [0.1, 0.15) is 35.4 Å². The van der Waals surface area contributed by atoms with Crippen LogP contribution in [-0.2, 0) is 9.59 Å². The Labute approximate surface area is 153 Å². The van der Waals surface area contributed by atoms with E-state index in [1.165, 1.54) is 11.3 Å². The van der Waals surface area contributed by atoms with Crippen LogP contribution in [0.2, 0.25) is 0 Å². The van der Waals surface area contributed by atoms with Crippen LogP contribution >= 0.6 is 11.3 Å². The van der Waals surface area contributed by atoms with Gasteiger partial charge in [0.05, 0.1) is 4.88 Å². The Balaban J connectivity index is 1.65. The molecule has 0 radical (unpaired) electrons. The highest BCUT2D eigenvalue weighted by Gasteiger charge is 2.23. The van der Waals surface area contributed by atoms with E-state index >= 15 is 0 Å². The molecule has 25 heavy (non-hydrogen) atoms. The van der Waals surface area contributed by atoms with Crippen molar-refractivity contribution in [2.45, 2.75) is 25.7 Å². The lowest BCUT2D eigenvalue weighted by atomic mass is 10.1. The monoisotopic (exact) mass is 365 g/mol. The van der Waals surface area contributed by atoms with Crippen molar-refractivity contribution in [3.05, 3.63) is 22.4 Å². The van der Waals surface area contributed by atoms with E-state index in [-0.39, 0.29) is 17.6 Å². The van der Waals surface area contributed by atoms with Crippen LogP contribution < -0.4 is 0 Å². The van der Waals surface area contributed by atoms with E-state index in [0.29, 0.717) is 51.9 Å². The summed E-state index contributed by atoms with van der Waals surface area (Å²) in [5, 5.41) is 1.89. The standard InChI is InChI=1S/C18H27N3O3S/c1-19(2)9-8-18(24)21-12-10-20(11-13-21)17(23)7-3-5-15(22)16-6-4-14-25-16/h4,6,14H,3,5,7-13H2,1-2H3. The van der Waals surface area contributed by atoms with Gasteiger partial charge >= 0.3 is 0 Å². The maximum Gasteiger partial charge on any atom is 0.223 e. The lowest BCUT2D eigenvalue weighted by Gasteiger charge is -2.35. The fourth-order valence-corrected chi connectivity index (χ4v) is 3.50. The van der Waals surface area contributed by atoms with Crippen molar-refractivity contribution < 1.29 is 14.4 Å². The smallest absolute Gasteiger partial charge is 0.223 e. The first kappa shape index (κ1) is 19.6. The molecule has 2 rings (SSSR count). The average molecular weight is 365 g/mol. The first-order chi connectivity index (χ1) is 12.0. The number of rotatable bonds is 8. The third-order valence-corrected chi connectivity index (χ3v) is 5.26. The maximum atomic E-state index is 12.3. The molecule has 0 atom stereocenters. The molecule has 1 aromatic heterocycles. The molecule has 7 heteroatoms. The number of piperazine rings is 1. The normalized spacial score (nSPS) is 14.8. The van der Waals surface area contributed by atoms with Crippen molar-refractivity contribution in [2.24, 2.45) is 0 Å². The number of nitrogens with zero attached hydrogens (tertiary/aromatic N) is 3. The Morgan fingerprint density at radius 2 is 1.60 bits per heavy atom. The zero-order valence-electron chi connectivity index (χ0n) is 15.1. The van der Waals surface area contributed by atoms with E-state index in [1.54, 1.807) is 0 Å². The molecule has 0 bridgehead atoms. The summed E-state index contributed by atoms with van der Waals surface area (Å²) >= 11 is 1.44. The maximum absolute atomic E-state index is 12.3. The van der Waals surface area contributed by atoms with Gasteiger partial charge in [0.25, 0.3) is 0 Å². The summed E-state index contributed by atoms with van der Waals surface area (Å²) in [6.45, 7) is 3.13. The fourth-order valence-electron chi connectivity index (χ4n) is 2.80. The highest BCUT2D eigenvalue weighted by Crippen LogP contribution is 2.14. The fraction of sp³-hybridized carbons (Fsp3) is 0.611. The number of ketones is 1. The molecule has 2 heterocycles. The summed E-state index contributed by atoms with van der Waals surface area (Å²) in [6.07, 6.45) is 1.91. The Morgan fingerprint density at radius 3 is 2.12 bits per heavy atom. The number of carbonyl (C=O) groups excluding carboxylic acids is 3. The first-order valence-electron chi connectivity index (χ1n) is 8.74. The van der Waals surface area contributed by atoms with Gasteiger partial charge in [0.15, 0.2) is 5.78 Å². The van der Waals surface area contributed by atoms with Crippen molar-refractivity contribution in [3.63, 3.8) is 0 Å². The van der Waals surface area contributed by atoms with E-state index in [1.807, 2.05) is 46.3 Å². The summed E-state index contributed by atoms with van der Waals surface area (Å²) in [5.74, 6) is 0.348. The molecule has 1 aliphatic rings. The zero-order valence-corrected chi connectivity index (χ0v) is 15.9. The lowest BCUT2D eigenvalue weighted by Crippen LogP contribution is -2.50. The third kappa shape index (κ3) is 6.25. The highest BCUT2D eigenvalue weighted by atomic mass is 32.1. The predicted molar refractivity (Wildman–Crippen MR) is 98.8 cm³/mol. The van der Waals surface area contributed by atoms with Gasteiger partial charge in [0.2, 0.25) is 11.8 Å². The van der Waals surface area contributed by atoms with Crippen LogP contribution in [-0.4, -0.2) is 79.1 Å². The minimum atomic E-state index is 0.0828. The van der Waals surface area contributed by atoms with Gasteiger partial charge in [-0.2, -0.15) is 0 Å². The van der Waals surface area contributed by atoms with Gasteiger partial charge in [-0.3, -0.25) is 14.4 Å². The van der Waals surface area contributed by atoms with Crippen molar-refractivity contribution in [1.29, 1.82) is 0 Å². The molecular weight excluding hydrogens is 338 g/mol. The largest absolute Gasteiger partial charge is 0.339 e. The Kier molecular flexibility index (Phi) is 7.58. The van der Waals surface area contributed by atoms with Gasteiger partial charge in [-0.1, -0.05) is 6.07 Å². The number of Topliss-reactive ketones (excluding diaryl/α,β-unsaturated/α-hetero) is 1. The second-order valence-corrected chi connectivity index (χ2v) is 7.52. The van der Waals surface area contributed by atoms with Gasteiger partial charge in [0.1, 0.15) is 0 Å². The number of carbonyl (C=O) groups is 3. The Hall–Kier alpha value is -1.73. The number of hydrogen-bond donors (Lipinski definition) is 0. The van der Waals surface area contributed by atoms with E-state index in [0.717, 1.165) is 11.4 Å². The highest BCUT2D eigenvalue weighted by molar-refractivity contribution is 7.12. The van der Waals surface area contributed by atoms with Crippen LogP contribution in [0.3, 0.4) is 0 Å². The van der Waals surface area contributed by atoms with Crippen LogP contribution in [0.25, 0.3) is 0 Å². The molecule has 0 aliphatic carbocycles. The molecule has 1 saturated heterocycles. The molecule has 6 nitrogen and oxygen atoms in total. The average Bonchev–Trinajstić information content (AvgIpc) is 3.14. The van der Waals surface area contributed by atoms with E-state index in [9.17, 15) is 14.4 Å². The summed E-state index contributed by atoms with van der Waals surface area (Å²) in [4.78, 5) is 42.7. The Morgan fingerprint density at radius 1 is 1.00 bits per heavy atom. The number of hydrogen-bond acceptors (Lipinski definition) is 5. The summed E-state index contributed by atoms with van der Waals surface area (Å²) < 4.78 is 0. The molecule has 138 valence electrons. The summed E-state index contributed by atoms with van der Waals surface area (Å²) in [5.41, 5.74) is 0. The lowest BCUT2D eigenvalue weighted by molar-refractivity contribution is -0.139. The Bertz CT molecular complexity index is 578. The second-order valence-electron chi connectivity index (χ2n) is 6.57. The SMILES string of the molecule is CN(C)CCC(=O)N1CCN(C(=O)CCCC(=O)c2cccs2)CC1. The van der Waals surface area contributed by atoms with Crippen LogP contribution in [0.4, 0.5) is 0 Å². The summed E-state index contributed by atoms with van der Waals surface area (Å²) in [6, 6.07) is 3.68. The van der Waals surface area contributed by atoms with Gasteiger partial charge in [-0.15, -0.1) is 11.3 Å². The minimum absolute atomic E-state index is 0.0828. The van der Waals surface area contributed by atoms with E-state index in [2.05, 4.69) is 0 Å². The molecule has 0 unspecified atom stereocenters. The molecule has 0 aromatic carbocycles.